The Balaban J connectivity index is 1.98. The van der Waals surface area contributed by atoms with Gasteiger partial charge in [-0.3, -0.25) is 0 Å². The van der Waals surface area contributed by atoms with E-state index in [1.54, 1.807) is 0 Å². The molecule has 0 spiro atoms. The molecule has 2 nitrogen and oxygen atoms in total. The van der Waals surface area contributed by atoms with Crippen LogP contribution in [0.3, 0.4) is 0 Å². The van der Waals surface area contributed by atoms with E-state index in [2.05, 4.69) is 43.4 Å². The van der Waals surface area contributed by atoms with E-state index in [0.717, 1.165) is 30.9 Å². The zero-order chi connectivity index (χ0) is 13.5. The Hall–Kier alpha value is -0.930. The van der Waals surface area contributed by atoms with Gasteiger partial charge in [0.05, 0.1) is 15.2 Å². The third-order valence-corrected chi connectivity index (χ3v) is 4.42. The van der Waals surface area contributed by atoms with Gasteiger partial charge in [-0.25, -0.2) is 4.98 Å². The summed E-state index contributed by atoms with van der Waals surface area (Å²) in [6.07, 6.45) is 4.86. The Morgan fingerprint density at radius 2 is 2.05 bits per heavy atom. The standard InChI is InChI=1S/C16H24N2S/c1-3-7-13(12-17-10-4-2)11-16-18-14-8-5-6-9-15(14)19-16/h5-6,8-9,13,17H,3-4,7,10-12H2,1-2H3. The van der Waals surface area contributed by atoms with Crippen LogP contribution in [0.2, 0.25) is 0 Å². The van der Waals surface area contributed by atoms with E-state index in [4.69, 9.17) is 4.98 Å². The van der Waals surface area contributed by atoms with Crippen LogP contribution < -0.4 is 5.32 Å². The van der Waals surface area contributed by atoms with Crippen LogP contribution in [0.5, 0.6) is 0 Å². The van der Waals surface area contributed by atoms with E-state index in [1.165, 1.54) is 29.0 Å². The molecule has 1 N–H and O–H groups in total. The second kappa shape index (κ2) is 7.61. The Morgan fingerprint density at radius 1 is 1.21 bits per heavy atom. The topological polar surface area (TPSA) is 24.9 Å². The van der Waals surface area contributed by atoms with E-state index >= 15 is 0 Å². The van der Waals surface area contributed by atoms with Crippen LogP contribution in [0.25, 0.3) is 10.2 Å². The van der Waals surface area contributed by atoms with Gasteiger partial charge in [0, 0.05) is 6.42 Å². The molecule has 0 saturated carbocycles. The zero-order valence-electron chi connectivity index (χ0n) is 12.0. The van der Waals surface area contributed by atoms with Crippen LogP contribution in [-0.2, 0) is 6.42 Å². The average Bonchev–Trinajstić information content (AvgIpc) is 2.81. The molecule has 2 rings (SSSR count). The van der Waals surface area contributed by atoms with Crippen molar-refractivity contribution in [3.63, 3.8) is 0 Å². The predicted molar refractivity (Wildman–Crippen MR) is 84.9 cm³/mol. The van der Waals surface area contributed by atoms with Gasteiger partial charge < -0.3 is 5.32 Å². The number of thiazole rings is 1. The van der Waals surface area contributed by atoms with Crippen molar-refractivity contribution in [2.75, 3.05) is 13.1 Å². The van der Waals surface area contributed by atoms with Crippen molar-refractivity contribution in [1.29, 1.82) is 0 Å². The van der Waals surface area contributed by atoms with Gasteiger partial charge in [-0.2, -0.15) is 0 Å². The summed E-state index contributed by atoms with van der Waals surface area (Å²) in [5.74, 6) is 0.720. The third kappa shape index (κ3) is 4.29. The molecule has 0 aliphatic rings. The number of hydrogen-bond acceptors (Lipinski definition) is 3. The average molecular weight is 276 g/mol. The van der Waals surface area contributed by atoms with Gasteiger partial charge in [0.2, 0.25) is 0 Å². The van der Waals surface area contributed by atoms with Crippen LogP contribution in [0, 0.1) is 5.92 Å². The van der Waals surface area contributed by atoms with Gasteiger partial charge in [-0.1, -0.05) is 32.4 Å². The molecule has 19 heavy (non-hydrogen) atoms. The second-order valence-corrected chi connectivity index (χ2v) is 6.25. The molecule has 2 aromatic rings. The molecule has 0 fully saturated rings. The van der Waals surface area contributed by atoms with E-state index < -0.39 is 0 Å². The third-order valence-electron chi connectivity index (χ3n) is 3.36. The number of hydrogen-bond donors (Lipinski definition) is 1. The molecule has 1 aromatic heterocycles. The first-order valence-electron chi connectivity index (χ1n) is 7.38. The SMILES string of the molecule is CCCNCC(CCC)Cc1nc2ccccc2s1. The molecular formula is C16H24N2S. The number of fused-ring (bicyclic) bond motifs is 1. The van der Waals surface area contributed by atoms with E-state index in [9.17, 15) is 0 Å². The number of nitrogens with one attached hydrogen (secondary N) is 1. The first kappa shape index (κ1) is 14.5. The quantitative estimate of drug-likeness (QED) is 0.729. The maximum atomic E-state index is 4.75. The molecule has 0 amide bonds. The molecule has 1 aromatic carbocycles. The van der Waals surface area contributed by atoms with Crippen molar-refractivity contribution < 1.29 is 0 Å². The van der Waals surface area contributed by atoms with Gasteiger partial charge in [0.15, 0.2) is 0 Å². The van der Waals surface area contributed by atoms with Gasteiger partial charge in [0.1, 0.15) is 0 Å². The first-order valence-corrected chi connectivity index (χ1v) is 8.20. The number of nitrogens with zero attached hydrogens (tertiary/aromatic N) is 1. The van der Waals surface area contributed by atoms with Crippen molar-refractivity contribution in [2.24, 2.45) is 5.92 Å². The highest BCUT2D eigenvalue weighted by Crippen LogP contribution is 2.24. The molecule has 1 unspecified atom stereocenters. The summed E-state index contributed by atoms with van der Waals surface area (Å²) in [6, 6.07) is 8.44. The van der Waals surface area contributed by atoms with Gasteiger partial charge >= 0.3 is 0 Å². The highest BCUT2D eigenvalue weighted by atomic mass is 32.1. The fourth-order valence-electron chi connectivity index (χ4n) is 2.42. The Kier molecular flexibility index (Phi) is 5.80. The van der Waals surface area contributed by atoms with E-state index in [-0.39, 0.29) is 0 Å². The fourth-order valence-corrected chi connectivity index (χ4v) is 3.50. The summed E-state index contributed by atoms with van der Waals surface area (Å²) < 4.78 is 1.31. The van der Waals surface area contributed by atoms with Crippen molar-refractivity contribution in [2.45, 2.75) is 39.5 Å². The molecule has 0 aliphatic heterocycles. The summed E-state index contributed by atoms with van der Waals surface area (Å²) in [7, 11) is 0. The molecule has 0 aliphatic carbocycles. The molecule has 104 valence electrons. The lowest BCUT2D eigenvalue weighted by Crippen LogP contribution is -2.24. The molecule has 0 radical (unpaired) electrons. The van der Waals surface area contributed by atoms with Gasteiger partial charge in [-0.15, -0.1) is 11.3 Å². The number of aromatic nitrogens is 1. The number of para-hydroxylation sites is 1. The minimum atomic E-state index is 0.720. The lowest BCUT2D eigenvalue weighted by atomic mass is 10.00. The highest BCUT2D eigenvalue weighted by Gasteiger charge is 2.11. The van der Waals surface area contributed by atoms with Crippen LogP contribution >= 0.6 is 11.3 Å². The second-order valence-electron chi connectivity index (χ2n) is 5.14. The summed E-state index contributed by atoms with van der Waals surface area (Å²) in [5.41, 5.74) is 1.15. The van der Waals surface area contributed by atoms with E-state index in [0.29, 0.717) is 0 Å². The van der Waals surface area contributed by atoms with Gasteiger partial charge in [0.25, 0.3) is 0 Å². The molecule has 0 bridgehead atoms. The minimum Gasteiger partial charge on any atom is -0.316 e. The minimum absolute atomic E-state index is 0.720. The van der Waals surface area contributed by atoms with Crippen molar-refractivity contribution in [3.05, 3.63) is 29.3 Å². The van der Waals surface area contributed by atoms with Crippen LogP contribution in [-0.4, -0.2) is 18.1 Å². The zero-order valence-corrected chi connectivity index (χ0v) is 12.8. The molecule has 3 heteroatoms. The lowest BCUT2D eigenvalue weighted by Gasteiger charge is -2.15. The normalized spacial score (nSPS) is 12.9. The Morgan fingerprint density at radius 3 is 2.79 bits per heavy atom. The Labute approximate surface area is 120 Å². The molecular weight excluding hydrogens is 252 g/mol. The van der Waals surface area contributed by atoms with Crippen LogP contribution in [0.15, 0.2) is 24.3 Å². The monoisotopic (exact) mass is 276 g/mol. The highest BCUT2D eigenvalue weighted by molar-refractivity contribution is 7.18. The van der Waals surface area contributed by atoms with Crippen molar-refractivity contribution in [1.82, 2.24) is 10.3 Å². The summed E-state index contributed by atoms with van der Waals surface area (Å²) in [5, 5.41) is 4.84. The molecule has 1 atom stereocenters. The Bertz CT molecular complexity index is 459. The maximum absolute atomic E-state index is 4.75. The largest absolute Gasteiger partial charge is 0.316 e. The maximum Gasteiger partial charge on any atom is 0.0941 e. The summed E-state index contributed by atoms with van der Waals surface area (Å²) in [6.45, 7) is 6.73. The van der Waals surface area contributed by atoms with Crippen molar-refractivity contribution in [3.8, 4) is 0 Å². The smallest absolute Gasteiger partial charge is 0.0941 e. The predicted octanol–water partition coefficient (Wildman–Crippen LogP) is 4.25. The number of benzene rings is 1. The summed E-state index contributed by atoms with van der Waals surface area (Å²) in [4.78, 5) is 4.75. The number of rotatable bonds is 8. The van der Waals surface area contributed by atoms with Gasteiger partial charge in [-0.05, 0) is 44.0 Å². The fraction of sp³-hybridized carbons (Fsp3) is 0.562. The molecule has 1 heterocycles. The first-order chi connectivity index (χ1) is 9.33. The molecule has 0 saturated heterocycles. The van der Waals surface area contributed by atoms with Crippen LogP contribution in [0.1, 0.15) is 38.1 Å². The summed E-state index contributed by atoms with van der Waals surface area (Å²) >= 11 is 1.85. The van der Waals surface area contributed by atoms with Crippen molar-refractivity contribution >= 4 is 21.6 Å². The van der Waals surface area contributed by atoms with Crippen LogP contribution in [0.4, 0.5) is 0 Å². The van der Waals surface area contributed by atoms with E-state index in [1.807, 2.05) is 11.3 Å². The lowest BCUT2D eigenvalue weighted by molar-refractivity contribution is 0.438.